The molecule has 0 fully saturated rings. The molecule has 0 unspecified atom stereocenters. The van der Waals surface area contributed by atoms with E-state index in [1.54, 1.807) is 0 Å². The van der Waals surface area contributed by atoms with Gasteiger partial charge in [0.1, 0.15) is 4.88 Å². The topological polar surface area (TPSA) is 77.8 Å². The van der Waals surface area contributed by atoms with E-state index in [4.69, 9.17) is 10.2 Å². The van der Waals surface area contributed by atoms with Gasteiger partial charge in [-0.3, -0.25) is 0 Å². The number of aryl methyl sites for hydroxylation is 1. The van der Waals surface area contributed by atoms with Gasteiger partial charge in [0.2, 0.25) is 0 Å². The molecule has 0 amide bonds. The van der Waals surface area contributed by atoms with E-state index in [1.807, 2.05) is 37.3 Å². The van der Waals surface area contributed by atoms with Crippen LogP contribution < -0.4 is 5.73 Å². The van der Waals surface area contributed by atoms with Crippen LogP contribution >= 0.6 is 11.3 Å². The largest absolute Gasteiger partial charge is 0.403 e. The van der Waals surface area contributed by atoms with E-state index in [1.165, 1.54) is 11.3 Å². The van der Waals surface area contributed by atoms with Gasteiger partial charge in [-0.2, -0.15) is 0 Å². The fourth-order valence-corrected chi connectivity index (χ4v) is 2.55. The van der Waals surface area contributed by atoms with Crippen molar-refractivity contribution in [2.45, 2.75) is 6.92 Å². The van der Waals surface area contributed by atoms with Crippen molar-refractivity contribution in [3.05, 3.63) is 35.3 Å². The number of benzene rings is 1. The van der Waals surface area contributed by atoms with E-state index in [9.17, 15) is 0 Å². The Bertz CT molecular complexity index is 674. The van der Waals surface area contributed by atoms with Gasteiger partial charge in [-0.15, -0.1) is 16.4 Å². The Hall–Kier alpha value is -2.21. The van der Waals surface area contributed by atoms with Crippen LogP contribution in [-0.4, -0.2) is 15.2 Å². The van der Waals surface area contributed by atoms with Crippen molar-refractivity contribution in [3.8, 4) is 22.0 Å². The summed E-state index contributed by atoms with van der Waals surface area (Å²) < 4.78 is 5.27. The molecule has 90 valence electrons. The number of aromatic nitrogens is 3. The van der Waals surface area contributed by atoms with Crippen molar-refractivity contribution >= 4 is 17.4 Å². The molecule has 0 aliphatic heterocycles. The van der Waals surface area contributed by atoms with Crippen LogP contribution in [0.25, 0.3) is 22.0 Å². The van der Waals surface area contributed by atoms with Crippen LogP contribution in [0.3, 0.4) is 0 Å². The molecule has 0 atom stereocenters. The monoisotopic (exact) mass is 258 g/mol. The van der Waals surface area contributed by atoms with Crippen LogP contribution in [0.4, 0.5) is 6.01 Å². The standard InChI is InChI=1S/C12H10N4OS/c1-7-14-9(8-5-3-2-4-6-8)10(18-7)11-15-16-12(13)17-11/h2-6H,1H3,(H2,13,16). The molecule has 6 heteroatoms. The maximum absolute atomic E-state index is 5.46. The van der Waals surface area contributed by atoms with Crippen LogP contribution in [0, 0.1) is 6.92 Å². The highest BCUT2D eigenvalue weighted by Crippen LogP contribution is 2.35. The molecule has 0 aliphatic rings. The van der Waals surface area contributed by atoms with Crippen LogP contribution in [0.1, 0.15) is 5.01 Å². The zero-order chi connectivity index (χ0) is 12.5. The van der Waals surface area contributed by atoms with Gasteiger partial charge in [0.05, 0.1) is 10.7 Å². The summed E-state index contributed by atoms with van der Waals surface area (Å²) in [4.78, 5) is 5.37. The Morgan fingerprint density at radius 2 is 1.94 bits per heavy atom. The second-order valence-corrected chi connectivity index (χ2v) is 4.93. The average molecular weight is 258 g/mol. The molecule has 3 rings (SSSR count). The lowest BCUT2D eigenvalue weighted by Gasteiger charge is -1.97. The van der Waals surface area contributed by atoms with Crippen LogP contribution in [-0.2, 0) is 0 Å². The first-order valence-corrected chi connectivity index (χ1v) is 6.18. The van der Waals surface area contributed by atoms with E-state index in [0.29, 0.717) is 5.89 Å². The Kier molecular flexibility index (Phi) is 2.56. The summed E-state index contributed by atoms with van der Waals surface area (Å²) in [6, 6.07) is 9.96. The fourth-order valence-electron chi connectivity index (χ4n) is 1.69. The quantitative estimate of drug-likeness (QED) is 0.764. The fraction of sp³-hybridized carbons (Fsp3) is 0.0833. The van der Waals surface area contributed by atoms with E-state index in [-0.39, 0.29) is 6.01 Å². The highest BCUT2D eigenvalue weighted by atomic mass is 32.1. The number of hydrogen-bond acceptors (Lipinski definition) is 6. The van der Waals surface area contributed by atoms with Gasteiger partial charge in [0.15, 0.2) is 0 Å². The minimum absolute atomic E-state index is 0.0649. The van der Waals surface area contributed by atoms with Crippen molar-refractivity contribution in [3.63, 3.8) is 0 Å². The van der Waals surface area contributed by atoms with Gasteiger partial charge < -0.3 is 10.2 Å². The first-order chi connectivity index (χ1) is 8.74. The molecule has 0 radical (unpaired) electrons. The van der Waals surface area contributed by atoms with Gasteiger partial charge in [0, 0.05) is 5.56 Å². The number of nitrogens with two attached hydrogens (primary N) is 1. The number of hydrogen-bond donors (Lipinski definition) is 1. The van der Waals surface area contributed by atoms with Crippen molar-refractivity contribution in [1.82, 2.24) is 15.2 Å². The summed E-state index contributed by atoms with van der Waals surface area (Å²) >= 11 is 1.51. The maximum Gasteiger partial charge on any atom is 0.313 e. The number of thiazole rings is 1. The summed E-state index contributed by atoms with van der Waals surface area (Å²) in [7, 11) is 0. The Balaban J connectivity index is 2.16. The van der Waals surface area contributed by atoms with Gasteiger partial charge in [-0.1, -0.05) is 35.4 Å². The minimum atomic E-state index is 0.0649. The smallest absolute Gasteiger partial charge is 0.313 e. The highest BCUT2D eigenvalue weighted by molar-refractivity contribution is 7.15. The molecule has 2 aromatic heterocycles. The van der Waals surface area contributed by atoms with Crippen LogP contribution in [0.15, 0.2) is 34.7 Å². The molecular weight excluding hydrogens is 248 g/mol. The predicted molar refractivity (Wildman–Crippen MR) is 70.0 cm³/mol. The lowest BCUT2D eigenvalue weighted by molar-refractivity contribution is 0.592. The summed E-state index contributed by atoms with van der Waals surface area (Å²) in [6.07, 6.45) is 0. The molecule has 1 aromatic carbocycles. The Labute approximate surface area is 107 Å². The zero-order valence-electron chi connectivity index (χ0n) is 9.62. The minimum Gasteiger partial charge on any atom is -0.403 e. The van der Waals surface area contributed by atoms with Gasteiger partial charge in [-0.05, 0) is 6.92 Å². The summed E-state index contributed by atoms with van der Waals surface area (Å²) in [5, 5.41) is 8.54. The first kappa shape index (κ1) is 10.9. The molecule has 0 saturated heterocycles. The number of nitrogen functional groups attached to an aromatic ring is 1. The molecule has 0 spiro atoms. The van der Waals surface area contributed by atoms with E-state index >= 15 is 0 Å². The Morgan fingerprint density at radius 1 is 1.17 bits per heavy atom. The van der Waals surface area contributed by atoms with Gasteiger partial charge in [-0.25, -0.2) is 4.98 Å². The summed E-state index contributed by atoms with van der Waals surface area (Å²) in [5.74, 6) is 0.414. The van der Waals surface area contributed by atoms with E-state index in [0.717, 1.165) is 21.1 Å². The molecular formula is C12H10N4OS. The van der Waals surface area contributed by atoms with E-state index in [2.05, 4.69) is 15.2 Å². The molecule has 2 heterocycles. The normalized spacial score (nSPS) is 10.7. The molecule has 18 heavy (non-hydrogen) atoms. The third kappa shape index (κ3) is 1.86. The molecule has 0 bridgehead atoms. The van der Waals surface area contributed by atoms with Crippen LogP contribution in [0.5, 0.6) is 0 Å². The van der Waals surface area contributed by atoms with E-state index < -0.39 is 0 Å². The average Bonchev–Trinajstić information content (AvgIpc) is 2.96. The number of nitrogens with zero attached hydrogens (tertiary/aromatic N) is 3. The van der Waals surface area contributed by atoms with Crippen LogP contribution in [0.2, 0.25) is 0 Å². The van der Waals surface area contributed by atoms with Crippen molar-refractivity contribution in [2.24, 2.45) is 0 Å². The van der Waals surface area contributed by atoms with Gasteiger partial charge in [0.25, 0.3) is 5.89 Å². The summed E-state index contributed by atoms with van der Waals surface area (Å²) in [6.45, 7) is 1.94. The second-order valence-electron chi connectivity index (χ2n) is 3.72. The zero-order valence-corrected chi connectivity index (χ0v) is 10.4. The molecule has 0 aliphatic carbocycles. The SMILES string of the molecule is Cc1nc(-c2ccccc2)c(-c2nnc(N)o2)s1. The van der Waals surface area contributed by atoms with Crippen molar-refractivity contribution in [1.29, 1.82) is 0 Å². The predicted octanol–water partition coefficient (Wildman–Crippen LogP) is 2.75. The summed E-state index contributed by atoms with van der Waals surface area (Å²) in [5.41, 5.74) is 7.33. The molecule has 0 saturated carbocycles. The van der Waals surface area contributed by atoms with Gasteiger partial charge >= 0.3 is 6.01 Å². The maximum atomic E-state index is 5.46. The highest BCUT2D eigenvalue weighted by Gasteiger charge is 2.17. The van der Waals surface area contributed by atoms with Crippen molar-refractivity contribution < 1.29 is 4.42 Å². The lowest BCUT2D eigenvalue weighted by Crippen LogP contribution is -1.82. The third-order valence-electron chi connectivity index (χ3n) is 2.42. The number of rotatable bonds is 2. The first-order valence-electron chi connectivity index (χ1n) is 5.36. The van der Waals surface area contributed by atoms with Crippen molar-refractivity contribution in [2.75, 3.05) is 5.73 Å². The molecule has 5 nitrogen and oxygen atoms in total. The molecule has 2 N–H and O–H groups in total. The lowest BCUT2D eigenvalue weighted by atomic mass is 10.1. The molecule has 3 aromatic rings. The Morgan fingerprint density at radius 3 is 2.61 bits per heavy atom. The third-order valence-corrected chi connectivity index (χ3v) is 3.37. The second kappa shape index (κ2) is 4.23. The number of anilines is 1.